The van der Waals surface area contributed by atoms with E-state index < -0.39 is 0 Å². The Morgan fingerprint density at radius 2 is 1.85 bits per heavy atom. The number of fused-ring (bicyclic) bond motifs is 1. The molecule has 1 heterocycles. The summed E-state index contributed by atoms with van der Waals surface area (Å²) in [6, 6.07) is 22.8. The van der Waals surface area contributed by atoms with E-state index in [2.05, 4.69) is 53.5 Å². The average Bonchev–Trinajstić information content (AvgIpc) is 3.22. The van der Waals surface area contributed by atoms with Crippen molar-refractivity contribution >= 4 is 22.1 Å². The van der Waals surface area contributed by atoms with Gasteiger partial charge in [0.05, 0.1) is 10.4 Å². The zero-order valence-electron chi connectivity index (χ0n) is 14.5. The Morgan fingerprint density at radius 1 is 0.962 bits per heavy atom. The van der Waals surface area contributed by atoms with Crippen LogP contribution in [0.4, 0.5) is 0 Å². The van der Waals surface area contributed by atoms with E-state index in [0.717, 1.165) is 21.8 Å². The highest BCUT2D eigenvalue weighted by molar-refractivity contribution is 7.09. The maximum atomic E-state index is 6.03. The summed E-state index contributed by atoms with van der Waals surface area (Å²) in [5, 5.41) is 2.47. The molecule has 0 amide bonds. The van der Waals surface area contributed by atoms with Gasteiger partial charge in [-0.2, -0.15) is 0 Å². The predicted molar refractivity (Wildman–Crippen MR) is 106 cm³/mol. The molecule has 130 valence electrons. The minimum Gasteiger partial charge on any atom is -0.489 e. The van der Waals surface area contributed by atoms with Crippen LogP contribution in [-0.2, 0) is 11.3 Å². The summed E-state index contributed by atoms with van der Waals surface area (Å²) in [4.78, 5) is 5.23. The van der Waals surface area contributed by atoms with Crippen LogP contribution in [0, 0.1) is 0 Å². The number of rotatable bonds is 6. The van der Waals surface area contributed by atoms with Crippen molar-refractivity contribution < 1.29 is 9.47 Å². The van der Waals surface area contributed by atoms with Crippen LogP contribution < -0.4 is 4.74 Å². The van der Waals surface area contributed by atoms with Gasteiger partial charge in [-0.3, -0.25) is 4.98 Å². The first-order chi connectivity index (χ1) is 12.8. The molecule has 0 bridgehead atoms. The first-order valence-electron chi connectivity index (χ1n) is 8.45. The molecule has 1 atom stereocenters. The van der Waals surface area contributed by atoms with Gasteiger partial charge in [0, 0.05) is 13.3 Å². The largest absolute Gasteiger partial charge is 0.489 e. The molecule has 4 aromatic rings. The van der Waals surface area contributed by atoms with Gasteiger partial charge >= 0.3 is 0 Å². The fourth-order valence-electron chi connectivity index (χ4n) is 3.03. The van der Waals surface area contributed by atoms with E-state index in [1.54, 1.807) is 18.4 Å². The summed E-state index contributed by atoms with van der Waals surface area (Å²) < 4.78 is 11.7. The summed E-state index contributed by atoms with van der Waals surface area (Å²) in [6.45, 7) is 0.534. The lowest BCUT2D eigenvalue weighted by atomic mass is 10.1. The third-order valence-electron chi connectivity index (χ3n) is 4.33. The molecule has 4 heteroatoms. The zero-order chi connectivity index (χ0) is 17.8. The van der Waals surface area contributed by atoms with Gasteiger partial charge in [-0.15, -0.1) is 11.3 Å². The zero-order valence-corrected chi connectivity index (χ0v) is 15.3. The standard InChI is InChI=1S/C22H19NO2S/c1-24-22(21-13-23-15-26-21)19-7-4-8-20(12-19)25-14-16-9-10-17-5-2-3-6-18(17)11-16/h2-13,15,22H,14H2,1H3. The monoisotopic (exact) mass is 361 g/mol. The van der Waals surface area contributed by atoms with E-state index in [1.165, 1.54) is 10.8 Å². The van der Waals surface area contributed by atoms with Gasteiger partial charge in [-0.1, -0.05) is 48.5 Å². The highest BCUT2D eigenvalue weighted by Gasteiger charge is 2.15. The van der Waals surface area contributed by atoms with Crippen molar-refractivity contribution in [3.8, 4) is 5.75 Å². The number of nitrogens with zero attached hydrogens (tertiary/aromatic N) is 1. The van der Waals surface area contributed by atoms with Gasteiger partial charge in [0.2, 0.25) is 0 Å². The minimum atomic E-state index is -0.119. The summed E-state index contributed by atoms with van der Waals surface area (Å²) >= 11 is 1.59. The van der Waals surface area contributed by atoms with E-state index in [4.69, 9.17) is 9.47 Å². The lowest BCUT2D eigenvalue weighted by Gasteiger charge is -2.15. The third kappa shape index (κ3) is 3.62. The second-order valence-electron chi connectivity index (χ2n) is 6.06. The topological polar surface area (TPSA) is 31.4 Å². The number of aromatic nitrogens is 1. The van der Waals surface area contributed by atoms with Gasteiger partial charge in [-0.05, 0) is 40.1 Å². The molecular weight excluding hydrogens is 342 g/mol. The van der Waals surface area contributed by atoms with Crippen molar-refractivity contribution in [2.75, 3.05) is 7.11 Å². The second kappa shape index (κ2) is 7.68. The van der Waals surface area contributed by atoms with Gasteiger partial charge in [0.15, 0.2) is 0 Å². The Labute approximate surface area is 156 Å². The molecule has 0 saturated heterocycles. The number of hydrogen-bond donors (Lipinski definition) is 0. The van der Waals surface area contributed by atoms with Crippen LogP contribution in [0.15, 0.2) is 78.4 Å². The van der Waals surface area contributed by atoms with Crippen LogP contribution >= 0.6 is 11.3 Å². The van der Waals surface area contributed by atoms with Crippen LogP contribution in [0.5, 0.6) is 5.75 Å². The van der Waals surface area contributed by atoms with E-state index in [9.17, 15) is 0 Å². The number of benzene rings is 3. The molecule has 1 aromatic heterocycles. The molecular formula is C22H19NO2S. The maximum absolute atomic E-state index is 6.03. The Balaban J connectivity index is 1.51. The van der Waals surface area contributed by atoms with Gasteiger partial charge in [0.25, 0.3) is 0 Å². The Hall–Kier alpha value is -2.69. The fourth-order valence-corrected chi connectivity index (χ4v) is 3.76. The molecule has 26 heavy (non-hydrogen) atoms. The minimum absolute atomic E-state index is 0.119. The summed E-state index contributed by atoms with van der Waals surface area (Å²) in [6.07, 6.45) is 1.73. The first kappa shape index (κ1) is 16.8. The van der Waals surface area contributed by atoms with Crippen molar-refractivity contribution in [1.29, 1.82) is 0 Å². The highest BCUT2D eigenvalue weighted by Crippen LogP contribution is 2.30. The van der Waals surface area contributed by atoms with E-state index in [1.807, 2.05) is 29.9 Å². The normalized spacial score (nSPS) is 12.2. The second-order valence-corrected chi connectivity index (χ2v) is 6.98. The van der Waals surface area contributed by atoms with Crippen molar-refractivity contribution in [1.82, 2.24) is 4.98 Å². The molecule has 4 rings (SSSR count). The van der Waals surface area contributed by atoms with Crippen LogP contribution in [-0.4, -0.2) is 12.1 Å². The quantitative estimate of drug-likeness (QED) is 0.447. The van der Waals surface area contributed by atoms with E-state index in [-0.39, 0.29) is 6.10 Å². The highest BCUT2D eigenvalue weighted by atomic mass is 32.1. The average molecular weight is 361 g/mol. The molecule has 0 saturated carbocycles. The first-order valence-corrected chi connectivity index (χ1v) is 9.33. The third-order valence-corrected chi connectivity index (χ3v) is 5.14. The van der Waals surface area contributed by atoms with Crippen LogP contribution in [0.1, 0.15) is 22.1 Å². The Kier molecular flexibility index (Phi) is 4.95. The predicted octanol–water partition coefficient (Wildman–Crippen LogP) is 5.61. The molecule has 3 nitrogen and oxygen atoms in total. The van der Waals surface area contributed by atoms with Crippen molar-refractivity contribution in [2.24, 2.45) is 0 Å². The maximum Gasteiger partial charge on any atom is 0.120 e. The van der Waals surface area contributed by atoms with Gasteiger partial charge in [0.1, 0.15) is 18.5 Å². The van der Waals surface area contributed by atoms with Crippen molar-refractivity contribution in [2.45, 2.75) is 12.7 Å². The van der Waals surface area contributed by atoms with Crippen molar-refractivity contribution in [3.05, 3.63) is 94.4 Å². The Bertz CT molecular complexity index is 998. The molecule has 0 radical (unpaired) electrons. The molecule has 0 aliphatic rings. The summed E-state index contributed by atoms with van der Waals surface area (Å²) in [5.41, 5.74) is 4.04. The smallest absolute Gasteiger partial charge is 0.120 e. The number of ether oxygens (including phenoxy) is 2. The number of thiazole rings is 1. The molecule has 0 spiro atoms. The lowest BCUT2D eigenvalue weighted by molar-refractivity contribution is 0.139. The van der Waals surface area contributed by atoms with Crippen LogP contribution in [0.2, 0.25) is 0 Å². The van der Waals surface area contributed by atoms with Crippen LogP contribution in [0.25, 0.3) is 10.8 Å². The lowest BCUT2D eigenvalue weighted by Crippen LogP contribution is -2.02. The Morgan fingerprint density at radius 3 is 2.65 bits per heavy atom. The molecule has 0 aliphatic carbocycles. The molecule has 1 unspecified atom stereocenters. The molecule has 0 N–H and O–H groups in total. The molecule has 0 aliphatic heterocycles. The summed E-state index contributed by atoms with van der Waals surface area (Å²) in [5.74, 6) is 0.835. The number of methoxy groups -OCH3 is 1. The molecule has 3 aromatic carbocycles. The van der Waals surface area contributed by atoms with E-state index >= 15 is 0 Å². The van der Waals surface area contributed by atoms with Crippen molar-refractivity contribution in [3.63, 3.8) is 0 Å². The summed E-state index contributed by atoms with van der Waals surface area (Å²) in [7, 11) is 1.72. The molecule has 0 fully saturated rings. The fraction of sp³-hybridized carbons (Fsp3) is 0.136. The van der Waals surface area contributed by atoms with E-state index in [0.29, 0.717) is 6.61 Å². The van der Waals surface area contributed by atoms with Gasteiger partial charge < -0.3 is 9.47 Å². The van der Waals surface area contributed by atoms with Crippen LogP contribution in [0.3, 0.4) is 0 Å². The SMILES string of the molecule is COC(c1cccc(OCc2ccc3ccccc3c2)c1)c1cncs1. The van der Waals surface area contributed by atoms with Gasteiger partial charge in [-0.25, -0.2) is 0 Å². The number of hydrogen-bond acceptors (Lipinski definition) is 4.